The van der Waals surface area contributed by atoms with Crippen molar-refractivity contribution >= 4 is 5.91 Å². The van der Waals surface area contributed by atoms with E-state index in [0.29, 0.717) is 37.6 Å². The molecule has 1 aromatic carbocycles. The topological polar surface area (TPSA) is 64.4 Å². The van der Waals surface area contributed by atoms with Gasteiger partial charge in [-0.25, -0.2) is 9.37 Å². The number of aromatic nitrogens is 1. The largest absolute Gasteiger partial charge is 0.441 e. The number of nitrogens with one attached hydrogen (secondary N) is 1. The highest BCUT2D eigenvalue weighted by Crippen LogP contribution is 2.21. The Hall–Kier alpha value is -2.21. The molecule has 0 radical (unpaired) electrons. The molecule has 0 atom stereocenters. The zero-order chi connectivity index (χ0) is 15.1. The third kappa shape index (κ3) is 4.68. The average Bonchev–Trinajstić information content (AvgIpc) is 2.95. The Morgan fingerprint density at radius 2 is 2.14 bits per heavy atom. The summed E-state index contributed by atoms with van der Waals surface area (Å²) < 4.78 is 23.2. The lowest BCUT2D eigenvalue weighted by molar-refractivity contribution is -0.121. The number of aryl methyl sites for hydroxylation is 1. The van der Waals surface area contributed by atoms with Crippen molar-refractivity contribution in [2.45, 2.75) is 12.8 Å². The van der Waals surface area contributed by atoms with Gasteiger partial charge in [0, 0.05) is 32.1 Å². The van der Waals surface area contributed by atoms with Crippen LogP contribution >= 0.6 is 0 Å². The number of rotatable bonds is 7. The smallest absolute Gasteiger partial charge is 0.220 e. The van der Waals surface area contributed by atoms with E-state index in [1.807, 2.05) is 0 Å². The van der Waals surface area contributed by atoms with Gasteiger partial charge in [-0.2, -0.15) is 0 Å². The Labute approximate surface area is 122 Å². The van der Waals surface area contributed by atoms with Gasteiger partial charge in [0.2, 0.25) is 5.91 Å². The molecule has 2 rings (SSSR count). The first kappa shape index (κ1) is 15.2. The molecular weight excluding hydrogens is 275 g/mol. The van der Waals surface area contributed by atoms with Gasteiger partial charge >= 0.3 is 0 Å². The number of hydrogen-bond donors (Lipinski definition) is 1. The molecule has 6 heteroatoms. The first-order chi connectivity index (χ1) is 10.2. The standard InChI is InChI=1S/C15H17FN2O3/c1-20-9-8-17-14(19)6-7-15-18-10-13(21-15)11-2-4-12(16)5-3-11/h2-5,10H,6-9H2,1H3,(H,17,19). The highest BCUT2D eigenvalue weighted by atomic mass is 19.1. The molecular formula is C15H17FN2O3. The number of amides is 1. The van der Waals surface area contributed by atoms with Crippen molar-refractivity contribution in [1.82, 2.24) is 10.3 Å². The van der Waals surface area contributed by atoms with Crippen LogP contribution in [0.2, 0.25) is 0 Å². The predicted octanol–water partition coefficient (Wildman–Crippen LogP) is 2.18. The van der Waals surface area contributed by atoms with E-state index in [2.05, 4.69) is 10.3 Å². The van der Waals surface area contributed by atoms with Crippen molar-refractivity contribution in [1.29, 1.82) is 0 Å². The number of carbonyl (C=O) groups is 1. The molecule has 0 aliphatic carbocycles. The molecule has 0 saturated heterocycles. The number of hydrogen-bond acceptors (Lipinski definition) is 4. The first-order valence-electron chi connectivity index (χ1n) is 6.65. The van der Waals surface area contributed by atoms with Crippen molar-refractivity contribution in [2.24, 2.45) is 0 Å². The minimum absolute atomic E-state index is 0.0754. The van der Waals surface area contributed by atoms with Gasteiger partial charge in [-0.3, -0.25) is 4.79 Å². The number of nitrogens with zero attached hydrogens (tertiary/aromatic N) is 1. The number of benzene rings is 1. The molecule has 1 aromatic heterocycles. The van der Waals surface area contributed by atoms with Crippen molar-refractivity contribution < 1.29 is 18.3 Å². The quantitative estimate of drug-likeness (QED) is 0.794. The van der Waals surface area contributed by atoms with Crippen LogP contribution in [0.5, 0.6) is 0 Å². The lowest BCUT2D eigenvalue weighted by Crippen LogP contribution is -2.27. The van der Waals surface area contributed by atoms with E-state index in [-0.39, 0.29) is 11.7 Å². The summed E-state index contributed by atoms with van der Waals surface area (Å²) in [7, 11) is 1.58. The van der Waals surface area contributed by atoms with Crippen molar-refractivity contribution in [3.8, 4) is 11.3 Å². The summed E-state index contributed by atoms with van der Waals surface area (Å²) in [5.41, 5.74) is 0.750. The summed E-state index contributed by atoms with van der Waals surface area (Å²) in [4.78, 5) is 15.6. The molecule has 0 bridgehead atoms. The number of oxazole rings is 1. The van der Waals surface area contributed by atoms with E-state index in [9.17, 15) is 9.18 Å². The van der Waals surface area contributed by atoms with E-state index in [1.165, 1.54) is 12.1 Å². The van der Waals surface area contributed by atoms with Crippen LogP contribution in [0.1, 0.15) is 12.3 Å². The van der Waals surface area contributed by atoms with Crippen LogP contribution in [0.3, 0.4) is 0 Å². The molecule has 0 aliphatic heterocycles. The van der Waals surface area contributed by atoms with E-state index in [4.69, 9.17) is 9.15 Å². The number of carbonyl (C=O) groups excluding carboxylic acids is 1. The van der Waals surface area contributed by atoms with Gasteiger partial charge in [-0.1, -0.05) is 0 Å². The second-order valence-electron chi connectivity index (χ2n) is 4.47. The molecule has 5 nitrogen and oxygen atoms in total. The van der Waals surface area contributed by atoms with Crippen molar-refractivity contribution in [3.63, 3.8) is 0 Å². The van der Waals surface area contributed by atoms with Gasteiger partial charge in [0.15, 0.2) is 11.7 Å². The second-order valence-corrected chi connectivity index (χ2v) is 4.47. The Morgan fingerprint density at radius 1 is 1.38 bits per heavy atom. The van der Waals surface area contributed by atoms with Gasteiger partial charge in [-0.05, 0) is 24.3 Å². The Balaban J connectivity index is 1.86. The summed E-state index contributed by atoms with van der Waals surface area (Å²) in [5, 5.41) is 2.72. The van der Waals surface area contributed by atoms with Crippen molar-refractivity contribution in [2.75, 3.05) is 20.3 Å². The molecule has 21 heavy (non-hydrogen) atoms. The lowest BCUT2D eigenvalue weighted by atomic mass is 10.2. The predicted molar refractivity (Wildman–Crippen MR) is 75.1 cm³/mol. The number of ether oxygens (including phenoxy) is 1. The summed E-state index contributed by atoms with van der Waals surface area (Å²) in [6.45, 7) is 0.973. The summed E-state index contributed by atoms with van der Waals surface area (Å²) in [5.74, 6) is 0.667. The van der Waals surface area contributed by atoms with E-state index in [1.54, 1.807) is 25.4 Å². The van der Waals surface area contributed by atoms with Crippen LogP contribution in [0.25, 0.3) is 11.3 Å². The molecule has 1 amide bonds. The summed E-state index contributed by atoms with van der Waals surface area (Å²) in [6, 6.07) is 5.97. The molecule has 0 spiro atoms. The molecule has 0 aliphatic rings. The third-order valence-electron chi connectivity index (χ3n) is 2.88. The van der Waals surface area contributed by atoms with E-state index in [0.717, 1.165) is 5.56 Å². The molecule has 112 valence electrons. The van der Waals surface area contributed by atoms with Gasteiger partial charge in [0.25, 0.3) is 0 Å². The Morgan fingerprint density at radius 3 is 2.86 bits per heavy atom. The van der Waals surface area contributed by atoms with E-state index >= 15 is 0 Å². The Bertz CT molecular complexity index is 581. The fraction of sp³-hybridized carbons (Fsp3) is 0.333. The minimum Gasteiger partial charge on any atom is -0.441 e. The van der Waals surface area contributed by atoms with Crippen LogP contribution < -0.4 is 5.32 Å². The van der Waals surface area contributed by atoms with Gasteiger partial charge in [-0.15, -0.1) is 0 Å². The molecule has 0 fully saturated rings. The van der Waals surface area contributed by atoms with Crippen molar-refractivity contribution in [3.05, 3.63) is 42.2 Å². The average molecular weight is 292 g/mol. The van der Waals surface area contributed by atoms with Crippen LogP contribution in [-0.4, -0.2) is 31.2 Å². The number of halogens is 1. The molecule has 0 saturated carbocycles. The SMILES string of the molecule is COCCNC(=O)CCc1ncc(-c2ccc(F)cc2)o1. The molecule has 1 heterocycles. The maximum Gasteiger partial charge on any atom is 0.220 e. The van der Waals surface area contributed by atoms with Gasteiger partial charge in [0.1, 0.15) is 5.82 Å². The monoisotopic (exact) mass is 292 g/mol. The maximum atomic E-state index is 12.8. The van der Waals surface area contributed by atoms with E-state index < -0.39 is 0 Å². The molecule has 2 aromatic rings. The Kier molecular flexibility index (Phi) is 5.45. The highest BCUT2D eigenvalue weighted by molar-refractivity contribution is 5.76. The maximum absolute atomic E-state index is 12.8. The zero-order valence-electron chi connectivity index (χ0n) is 11.8. The first-order valence-corrected chi connectivity index (χ1v) is 6.65. The summed E-state index contributed by atoms with van der Waals surface area (Å²) in [6.07, 6.45) is 2.29. The van der Waals surface area contributed by atoms with Gasteiger partial charge in [0.05, 0.1) is 12.8 Å². The van der Waals surface area contributed by atoms with Crippen LogP contribution in [-0.2, 0) is 16.0 Å². The van der Waals surface area contributed by atoms with Crippen LogP contribution in [0.4, 0.5) is 4.39 Å². The van der Waals surface area contributed by atoms with Crippen LogP contribution in [0, 0.1) is 5.82 Å². The zero-order valence-corrected chi connectivity index (χ0v) is 11.8. The van der Waals surface area contributed by atoms with Gasteiger partial charge < -0.3 is 14.5 Å². The second kappa shape index (κ2) is 7.54. The highest BCUT2D eigenvalue weighted by Gasteiger charge is 2.09. The van der Waals surface area contributed by atoms with Crippen LogP contribution in [0.15, 0.2) is 34.9 Å². The summed E-state index contributed by atoms with van der Waals surface area (Å²) >= 11 is 0. The third-order valence-corrected chi connectivity index (χ3v) is 2.88. The fourth-order valence-corrected chi connectivity index (χ4v) is 1.77. The number of methoxy groups -OCH3 is 1. The minimum atomic E-state index is -0.300. The molecule has 0 unspecified atom stereocenters. The normalized spacial score (nSPS) is 10.6. The molecule has 1 N–H and O–H groups in total. The lowest BCUT2D eigenvalue weighted by Gasteiger charge is -2.02. The fourth-order valence-electron chi connectivity index (χ4n) is 1.77.